The van der Waals surface area contributed by atoms with Gasteiger partial charge >= 0.3 is 0 Å². The maximum absolute atomic E-state index is 3.63. The van der Waals surface area contributed by atoms with Crippen LogP contribution in [0.5, 0.6) is 0 Å². The van der Waals surface area contributed by atoms with Crippen LogP contribution in [0.25, 0.3) is 0 Å². The Kier molecular flexibility index (Phi) is 4.24. The van der Waals surface area contributed by atoms with E-state index in [0.29, 0.717) is 0 Å². The molecule has 1 aromatic rings. The van der Waals surface area contributed by atoms with Crippen LogP contribution in [-0.4, -0.2) is 42.9 Å². The molecule has 2 atom stereocenters. The van der Waals surface area contributed by atoms with Crippen molar-refractivity contribution in [3.63, 3.8) is 0 Å². The fraction of sp³-hybridized carbons (Fsp3) is 0.600. The molecule has 18 heavy (non-hydrogen) atoms. The lowest BCUT2D eigenvalue weighted by molar-refractivity contribution is 0.171. The van der Waals surface area contributed by atoms with Crippen LogP contribution >= 0.6 is 11.8 Å². The Labute approximate surface area is 114 Å². The molecule has 2 saturated heterocycles. The minimum Gasteiger partial charge on any atom is -0.314 e. The number of nitrogens with zero attached hydrogens (tertiary/aromatic N) is 1. The molecule has 0 spiro atoms. The molecule has 2 fully saturated rings. The van der Waals surface area contributed by atoms with Crippen molar-refractivity contribution in [2.24, 2.45) is 5.92 Å². The second-order valence-electron chi connectivity index (χ2n) is 5.36. The highest BCUT2D eigenvalue weighted by Crippen LogP contribution is 2.25. The fourth-order valence-electron chi connectivity index (χ4n) is 3.14. The first-order valence-electron chi connectivity index (χ1n) is 7.05. The van der Waals surface area contributed by atoms with Crippen LogP contribution in [0.15, 0.2) is 35.2 Å². The van der Waals surface area contributed by atoms with E-state index in [2.05, 4.69) is 40.5 Å². The summed E-state index contributed by atoms with van der Waals surface area (Å²) in [5, 5.41) is 3.63. The third kappa shape index (κ3) is 3.08. The van der Waals surface area contributed by atoms with Gasteiger partial charge in [-0.25, -0.2) is 0 Å². The molecule has 0 radical (unpaired) electrons. The fourth-order valence-corrected chi connectivity index (χ4v) is 4.07. The standard InChI is InChI=1S/C15H22N2S/c1-2-4-14(5-3-1)18-11-10-17-9-7-15-13(12-17)6-8-16-15/h1-5,13,15-16H,6-12H2. The Balaban J connectivity index is 1.41. The molecule has 2 nitrogen and oxygen atoms in total. The summed E-state index contributed by atoms with van der Waals surface area (Å²) in [6.45, 7) is 5.07. The summed E-state index contributed by atoms with van der Waals surface area (Å²) in [4.78, 5) is 4.05. The topological polar surface area (TPSA) is 15.3 Å². The first-order chi connectivity index (χ1) is 8.92. The van der Waals surface area contributed by atoms with E-state index >= 15 is 0 Å². The van der Waals surface area contributed by atoms with Crippen molar-refractivity contribution in [3.05, 3.63) is 30.3 Å². The summed E-state index contributed by atoms with van der Waals surface area (Å²) in [7, 11) is 0. The molecule has 2 unspecified atom stereocenters. The number of nitrogens with one attached hydrogen (secondary N) is 1. The van der Waals surface area contributed by atoms with Crippen LogP contribution in [0.1, 0.15) is 12.8 Å². The minimum atomic E-state index is 0.822. The van der Waals surface area contributed by atoms with E-state index in [4.69, 9.17) is 0 Å². The highest BCUT2D eigenvalue weighted by Gasteiger charge is 2.32. The van der Waals surface area contributed by atoms with Gasteiger partial charge in [-0.15, -0.1) is 11.8 Å². The van der Waals surface area contributed by atoms with Crippen molar-refractivity contribution < 1.29 is 0 Å². The van der Waals surface area contributed by atoms with E-state index in [9.17, 15) is 0 Å². The Morgan fingerprint density at radius 1 is 1.22 bits per heavy atom. The maximum Gasteiger partial charge on any atom is 0.0120 e. The highest BCUT2D eigenvalue weighted by atomic mass is 32.2. The number of hydrogen-bond acceptors (Lipinski definition) is 3. The monoisotopic (exact) mass is 262 g/mol. The molecule has 0 amide bonds. The third-order valence-corrected chi connectivity index (χ3v) is 5.15. The first kappa shape index (κ1) is 12.5. The molecule has 0 bridgehead atoms. The molecule has 2 heterocycles. The maximum atomic E-state index is 3.63. The van der Waals surface area contributed by atoms with Crippen LogP contribution in [0.3, 0.4) is 0 Å². The van der Waals surface area contributed by atoms with E-state index in [-0.39, 0.29) is 0 Å². The van der Waals surface area contributed by atoms with Gasteiger partial charge in [-0.1, -0.05) is 18.2 Å². The van der Waals surface area contributed by atoms with Crippen LogP contribution in [0.4, 0.5) is 0 Å². The van der Waals surface area contributed by atoms with Gasteiger partial charge < -0.3 is 10.2 Å². The second kappa shape index (κ2) is 6.09. The number of likely N-dealkylation sites (tertiary alicyclic amines) is 1. The van der Waals surface area contributed by atoms with Gasteiger partial charge in [0.05, 0.1) is 0 Å². The van der Waals surface area contributed by atoms with Gasteiger partial charge in [0.15, 0.2) is 0 Å². The Morgan fingerprint density at radius 2 is 2.11 bits per heavy atom. The lowest BCUT2D eigenvalue weighted by Crippen LogP contribution is -2.45. The normalized spacial score (nSPS) is 28.2. The van der Waals surface area contributed by atoms with E-state index in [0.717, 1.165) is 12.0 Å². The first-order valence-corrected chi connectivity index (χ1v) is 8.04. The van der Waals surface area contributed by atoms with Crippen molar-refractivity contribution in [1.82, 2.24) is 10.2 Å². The quantitative estimate of drug-likeness (QED) is 0.839. The average Bonchev–Trinajstić information content (AvgIpc) is 2.87. The zero-order valence-electron chi connectivity index (χ0n) is 10.8. The summed E-state index contributed by atoms with van der Waals surface area (Å²) in [6.07, 6.45) is 2.73. The summed E-state index contributed by atoms with van der Waals surface area (Å²) in [5.41, 5.74) is 0. The molecule has 98 valence electrons. The van der Waals surface area contributed by atoms with Crippen LogP contribution in [0.2, 0.25) is 0 Å². The van der Waals surface area contributed by atoms with E-state index < -0.39 is 0 Å². The van der Waals surface area contributed by atoms with Gasteiger partial charge in [-0.3, -0.25) is 0 Å². The Hall–Kier alpha value is -0.510. The van der Waals surface area contributed by atoms with Crippen molar-refractivity contribution in [2.45, 2.75) is 23.8 Å². The third-order valence-electron chi connectivity index (χ3n) is 4.16. The molecule has 2 aliphatic heterocycles. The number of thioether (sulfide) groups is 1. The molecule has 0 aromatic heterocycles. The average molecular weight is 262 g/mol. The molecule has 1 N–H and O–H groups in total. The van der Waals surface area contributed by atoms with Gasteiger partial charge in [0.2, 0.25) is 0 Å². The Morgan fingerprint density at radius 3 is 3.00 bits per heavy atom. The minimum absolute atomic E-state index is 0.822. The summed E-state index contributed by atoms with van der Waals surface area (Å²) in [5.74, 6) is 2.13. The highest BCUT2D eigenvalue weighted by molar-refractivity contribution is 7.99. The summed E-state index contributed by atoms with van der Waals surface area (Å²) >= 11 is 1.98. The smallest absolute Gasteiger partial charge is 0.0120 e. The molecule has 2 aliphatic rings. The zero-order chi connectivity index (χ0) is 12.2. The SMILES string of the molecule is c1ccc(SCCN2CCC3NCCC3C2)cc1. The van der Waals surface area contributed by atoms with Crippen LogP contribution in [0, 0.1) is 5.92 Å². The molecule has 1 aromatic carbocycles. The van der Waals surface area contributed by atoms with Crippen LogP contribution in [-0.2, 0) is 0 Å². The van der Waals surface area contributed by atoms with E-state index in [1.54, 1.807) is 0 Å². The van der Waals surface area contributed by atoms with Crippen molar-refractivity contribution in [1.29, 1.82) is 0 Å². The summed E-state index contributed by atoms with van der Waals surface area (Å²) < 4.78 is 0. The van der Waals surface area contributed by atoms with E-state index in [1.807, 2.05) is 11.8 Å². The zero-order valence-corrected chi connectivity index (χ0v) is 11.7. The molecule has 3 rings (SSSR count). The number of benzene rings is 1. The van der Waals surface area contributed by atoms with Gasteiger partial charge in [-0.2, -0.15) is 0 Å². The molecular formula is C15H22N2S. The molecular weight excluding hydrogens is 240 g/mol. The van der Waals surface area contributed by atoms with Crippen molar-refractivity contribution in [2.75, 3.05) is 31.9 Å². The lowest BCUT2D eigenvalue weighted by atomic mass is 9.93. The largest absolute Gasteiger partial charge is 0.314 e. The number of hydrogen-bond donors (Lipinski definition) is 1. The van der Waals surface area contributed by atoms with Gasteiger partial charge in [0.1, 0.15) is 0 Å². The van der Waals surface area contributed by atoms with Gasteiger partial charge in [0.25, 0.3) is 0 Å². The lowest BCUT2D eigenvalue weighted by Gasteiger charge is -2.34. The van der Waals surface area contributed by atoms with Crippen LogP contribution < -0.4 is 5.32 Å². The molecule has 3 heteroatoms. The number of fused-ring (bicyclic) bond motifs is 1. The molecule has 0 aliphatic carbocycles. The Bertz CT molecular complexity index is 368. The summed E-state index contributed by atoms with van der Waals surface area (Å²) in [6, 6.07) is 11.6. The predicted octanol–water partition coefficient (Wildman–Crippen LogP) is 2.46. The second-order valence-corrected chi connectivity index (χ2v) is 6.53. The molecule has 0 saturated carbocycles. The van der Waals surface area contributed by atoms with Crippen molar-refractivity contribution >= 4 is 11.8 Å². The van der Waals surface area contributed by atoms with Gasteiger partial charge in [0, 0.05) is 29.8 Å². The predicted molar refractivity (Wildman–Crippen MR) is 78.1 cm³/mol. The van der Waals surface area contributed by atoms with Gasteiger partial charge in [-0.05, 0) is 44.0 Å². The van der Waals surface area contributed by atoms with Crippen molar-refractivity contribution in [3.8, 4) is 0 Å². The number of piperidine rings is 1. The van der Waals surface area contributed by atoms with E-state index in [1.165, 1.54) is 49.7 Å². The number of rotatable bonds is 4.